The molecule has 0 aliphatic heterocycles. The highest BCUT2D eigenvalue weighted by Crippen LogP contribution is 2.21. The van der Waals surface area contributed by atoms with Crippen LogP contribution in [-0.2, 0) is 6.54 Å². The van der Waals surface area contributed by atoms with Crippen LogP contribution in [0.5, 0.6) is 0 Å². The summed E-state index contributed by atoms with van der Waals surface area (Å²) in [6.07, 6.45) is 2.52. The van der Waals surface area contributed by atoms with Gasteiger partial charge in [0.15, 0.2) is 0 Å². The van der Waals surface area contributed by atoms with E-state index in [1.165, 1.54) is 12.8 Å². The third-order valence-electron chi connectivity index (χ3n) is 2.67. The summed E-state index contributed by atoms with van der Waals surface area (Å²) in [4.78, 5) is 1.79. The van der Waals surface area contributed by atoms with Crippen molar-refractivity contribution in [3.8, 4) is 0 Å². The summed E-state index contributed by atoms with van der Waals surface area (Å²) < 4.78 is 13.6. The Kier molecular flexibility index (Phi) is 2.91. The topological polar surface area (TPSA) is 15.3 Å². The van der Waals surface area contributed by atoms with Crippen LogP contribution >= 0.6 is 0 Å². The molecule has 3 heteroatoms. The zero-order valence-electron chi connectivity index (χ0n) is 9.26. The van der Waals surface area contributed by atoms with Crippen LogP contribution in [0, 0.1) is 5.82 Å². The molecule has 0 amide bonds. The molecule has 0 aromatic heterocycles. The molecule has 0 radical (unpaired) electrons. The highest BCUT2D eigenvalue weighted by atomic mass is 19.1. The third-order valence-corrected chi connectivity index (χ3v) is 2.67. The predicted molar refractivity (Wildman–Crippen MR) is 60.6 cm³/mol. The lowest BCUT2D eigenvalue weighted by Gasteiger charge is -2.14. The van der Waals surface area contributed by atoms with Crippen LogP contribution in [0.2, 0.25) is 0 Å². The fourth-order valence-corrected chi connectivity index (χ4v) is 1.57. The van der Waals surface area contributed by atoms with Gasteiger partial charge in [-0.3, -0.25) is 0 Å². The van der Waals surface area contributed by atoms with Gasteiger partial charge >= 0.3 is 0 Å². The Bertz CT molecular complexity index is 345. The van der Waals surface area contributed by atoms with Gasteiger partial charge in [0.05, 0.1) is 5.69 Å². The first-order chi connectivity index (χ1) is 7.16. The highest BCUT2D eigenvalue weighted by molar-refractivity contribution is 5.47. The lowest BCUT2D eigenvalue weighted by Crippen LogP contribution is -2.16. The lowest BCUT2D eigenvalue weighted by atomic mass is 10.2. The average Bonchev–Trinajstić information content (AvgIpc) is 2.97. The van der Waals surface area contributed by atoms with E-state index in [4.69, 9.17) is 0 Å². The molecule has 0 unspecified atom stereocenters. The number of nitrogens with one attached hydrogen (secondary N) is 1. The van der Waals surface area contributed by atoms with E-state index in [1.807, 2.05) is 26.2 Å². The molecular formula is C12H17FN2. The van der Waals surface area contributed by atoms with Crippen LogP contribution in [0.15, 0.2) is 18.2 Å². The standard InChI is InChI=1S/C12H17FN2/c1-15(2)12-6-3-9(7-11(12)13)8-14-10-4-5-10/h3,6-7,10,14H,4-5,8H2,1-2H3. The monoisotopic (exact) mass is 208 g/mol. The van der Waals surface area contributed by atoms with Gasteiger partial charge in [-0.2, -0.15) is 0 Å². The molecular weight excluding hydrogens is 191 g/mol. The Balaban J connectivity index is 2.03. The van der Waals surface area contributed by atoms with Crippen LogP contribution in [0.1, 0.15) is 18.4 Å². The van der Waals surface area contributed by atoms with Crippen LogP contribution in [-0.4, -0.2) is 20.1 Å². The molecule has 0 saturated heterocycles. The van der Waals surface area contributed by atoms with Crippen molar-refractivity contribution in [1.82, 2.24) is 5.32 Å². The molecule has 1 N–H and O–H groups in total. The second kappa shape index (κ2) is 4.19. The minimum absolute atomic E-state index is 0.143. The van der Waals surface area contributed by atoms with E-state index in [2.05, 4.69) is 5.32 Å². The normalized spacial score (nSPS) is 15.4. The smallest absolute Gasteiger partial charge is 0.146 e. The number of nitrogens with zero attached hydrogens (tertiary/aromatic N) is 1. The molecule has 15 heavy (non-hydrogen) atoms. The maximum atomic E-state index is 13.6. The molecule has 0 heterocycles. The molecule has 0 spiro atoms. The van der Waals surface area contributed by atoms with Gasteiger partial charge in [-0.05, 0) is 30.5 Å². The Labute approximate surface area is 90.1 Å². The van der Waals surface area contributed by atoms with Crippen LogP contribution in [0.3, 0.4) is 0 Å². The first-order valence-corrected chi connectivity index (χ1v) is 5.36. The fourth-order valence-electron chi connectivity index (χ4n) is 1.57. The lowest BCUT2D eigenvalue weighted by molar-refractivity contribution is 0.618. The van der Waals surface area contributed by atoms with E-state index in [-0.39, 0.29) is 5.82 Å². The molecule has 1 aromatic rings. The number of rotatable bonds is 4. The van der Waals surface area contributed by atoms with Crippen molar-refractivity contribution in [2.75, 3.05) is 19.0 Å². The van der Waals surface area contributed by atoms with Gasteiger partial charge in [0.2, 0.25) is 0 Å². The van der Waals surface area contributed by atoms with Crippen LogP contribution in [0.25, 0.3) is 0 Å². The molecule has 0 bridgehead atoms. The minimum atomic E-state index is -0.143. The summed E-state index contributed by atoms with van der Waals surface area (Å²) in [5.74, 6) is -0.143. The van der Waals surface area contributed by atoms with Crippen LogP contribution in [0.4, 0.5) is 10.1 Å². The van der Waals surface area contributed by atoms with Crippen molar-refractivity contribution >= 4 is 5.69 Å². The van der Waals surface area contributed by atoms with E-state index in [9.17, 15) is 4.39 Å². The van der Waals surface area contributed by atoms with Crippen molar-refractivity contribution in [2.24, 2.45) is 0 Å². The van der Waals surface area contributed by atoms with Crippen molar-refractivity contribution in [3.63, 3.8) is 0 Å². The molecule has 1 saturated carbocycles. The summed E-state index contributed by atoms with van der Waals surface area (Å²) in [5, 5.41) is 3.37. The Hall–Kier alpha value is -1.09. The number of anilines is 1. The van der Waals surface area contributed by atoms with Crippen LogP contribution < -0.4 is 10.2 Å². The van der Waals surface area contributed by atoms with Gasteiger partial charge in [0.25, 0.3) is 0 Å². The van der Waals surface area contributed by atoms with Crippen molar-refractivity contribution in [1.29, 1.82) is 0 Å². The predicted octanol–water partition coefficient (Wildman–Crippen LogP) is 2.14. The third kappa shape index (κ3) is 2.69. The number of benzene rings is 1. The molecule has 1 aliphatic rings. The first-order valence-electron chi connectivity index (χ1n) is 5.36. The summed E-state index contributed by atoms with van der Waals surface area (Å²) in [6.45, 7) is 0.773. The second-order valence-corrected chi connectivity index (χ2v) is 4.34. The largest absolute Gasteiger partial charge is 0.375 e. The number of hydrogen-bond acceptors (Lipinski definition) is 2. The Morgan fingerprint density at radius 3 is 2.67 bits per heavy atom. The zero-order chi connectivity index (χ0) is 10.8. The zero-order valence-corrected chi connectivity index (χ0v) is 9.26. The van der Waals surface area contributed by atoms with Gasteiger partial charge in [-0.1, -0.05) is 6.07 Å². The molecule has 82 valence electrons. The first kappa shape index (κ1) is 10.4. The molecule has 1 fully saturated rings. The SMILES string of the molecule is CN(C)c1ccc(CNC2CC2)cc1F. The average molecular weight is 208 g/mol. The highest BCUT2D eigenvalue weighted by Gasteiger charge is 2.20. The Morgan fingerprint density at radius 1 is 1.40 bits per heavy atom. The Morgan fingerprint density at radius 2 is 2.13 bits per heavy atom. The second-order valence-electron chi connectivity index (χ2n) is 4.34. The summed E-state index contributed by atoms with van der Waals surface area (Å²) in [7, 11) is 3.70. The van der Waals surface area contributed by atoms with E-state index >= 15 is 0 Å². The molecule has 2 nitrogen and oxygen atoms in total. The molecule has 2 rings (SSSR count). The van der Waals surface area contributed by atoms with E-state index in [0.29, 0.717) is 11.7 Å². The summed E-state index contributed by atoms with van der Waals surface area (Å²) in [5.41, 5.74) is 1.66. The van der Waals surface area contributed by atoms with Gasteiger partial charge < -0.3 is 10.2 Å². The quantitative estimate of drug-likeness (QED) is 0.815. The van der Waals surface area contributed by atoms with E-state index in [0.717, 1.165) is 12.1 Å². The maximum absolute atomic E-state index is 13.6. The van der Waals surface area contributed by atoms with Gasteiger partial charge in [-0.25, -0.2) is 4.39 Å². The van der Waals surface area contributed by atoms with E-state index in [1.54, 1.807) is 11.0 Å². The number of hydrogen-bond donors (Lipinski definition) is 1. The fraction of sp³-hybridized carbons (Fsp3) is 0.500. The van der Waals surface area contributed by atoms with Crippen molar-refractivity contribution < 1.29 is 4.39 Å². The van der Waals surface area contributed by atoms with Gasteiger partial charge in [0.1, 0.15) is 5.82 Å². The maximum Gasteiger partial charge on any atom is 0.146 e. The molecule has 1 aliphatic carbocycles. The summed E-state index contributed by atoms with van der Waals surface area (Å²) in [6, 6.07) is 6.10. The molecule has 1 aromatic carbocycles. The van der Waals surface area contributed by atoms with Gasteiger partial charge in [0, 0.05) is 26.7 Å². The minimum Gasteiger partial charge on any atom is -0.375 e. The van der Waals surface area contributed by atoms with Gasteiger partial charge in [-0.15, -0.1) is 0 Å². The summed E-state index contributed by atoms with van der Waals surface area (Å²) >= 11 is 0. The molecule has 0 atom stereocenters. The van der Waals surface area contributed by atoms with E-state index < -0.39 is 0 Å². The number of halogens is 1. The van der Waals surface area contributed by atoms with Crippen molar-refractivity contribution in [3.05, 3.63) is 29.6 Å². The van der Waals surface area contributed by atoms with Crippen molar-refractivity contribution in [2.45, 2.75) is 25.4 Å².